The van der Waals surface area contributed by atoms with Crippen molar-refractivity contribution in [3.63, 3.8) is 0 Å². The van der Waals surface area contributed by atoms with Gasteiger partial charge in [0, 0.05) is 0 Å². The van der Waals surface area contributed by atoms with Crippen molar-refractivity contribution in [2.45, 2.75) is 189 Å². The van der Waals surface area contributed by atoms with E-state index in [-0.39, 0.29) is 0 Å². The lowest BCUT2D eigenvalue weighted by Crippen LogP contribution is -2.31. The van der Waals surface area contributed by atoms with Crippen LogP contribution in [0.1, 0.15) is 189 Å². The van der Waals surface area contributed by atoms with Crippen LogP contribution in [0.5, 0.6) is 0 Å². The molecule has 0 radical (unpaired) electrons. The molecule has 0 fully saturated rings. The summed E-state index contributed by atoms with van der Waals surface area (Å²) in [7, 11) is 0. The molecule has 1 aliphatic rings. The van der Waals surface area contributed by atoms with Gasteiger partial charge in [0.2, 0.25) is 0 Å². The fourth-order valence-electron chi connectivity index (χ4n) is 6.92. The minimum absolute atomic E-state index is 0.824. The fraction of sp³-hybridized carbons (Fsp3) is 0.895. The molecule has 38 heavy (non-hydrogen) atoms. The van der Waals surface area contributed by atoms with E-state index in [1.807, 2.05) is 0 Å². The Morgan fingerprint density at radius 3 is 1.58 bits per heavy atom. The van der Waals surface area contributed by atoms with E-state index in [4.69, 9.17) is 0 Å². The second-order valence-electron chi connectivity index (χ2n) is 13.4. The van der Waals surface area contributed by atoms with Gasteiger partial charge < -0.3 is 0 Å². The summed E-state index contributed by atoms with van der Waals surface area (Å²) in [5.74, 6) is 4.34. The van der Waals surface area contributed by atoms with E-state index in [0.717, 1.165) is 29.6 Å². The van der Waals surface area contributed by atoms with Crippen molar-refractivity contribution in [1.29, 1.82) is 0 Å². The number of hydrogen-bond acceptors (Lipinski definition) is 0. The van der Waals surface area contributed by atoms with Gasteiger partial charge in [-0.25, -0.2) is 0 Å². The molecule has 0 spiro atoms. The van der Waals surface area contributed by atoms with Crippen LogP contribution in [0.4, 0.5) is 0 Å². The highest BCUT2D eigenvalue weighted by molar-refractivity contribution is 5.06. The first kappa shape index (κ1) is 35.5. The Labute approximate surface area is 242 Å². The van der Waals surface area contributed by atoms with E-state index >= 15 is 0 Å². The lowest BCUT2D eigenvalue weighted by Gasteiger charge is -2.40. The molecule has 0 saturated heterocycles. The second-order valence-corrected chi connectivity index (χ2v) is 13.4. The standard InChI is InChI=1S/C38H72/c1-6-9-12-15-20-25-30-37-35(28-23-14-11-8-3)32-33-36(29-24-19-17-18-22-27-34(4)5)38(37)31-26-21-16-13-10-7-2/h20,25,32-38H,6-19,21-24,26-31H2,1-5H3/b25-20+. The van der Waals surface area contributed by atoms with E-state index < -0.39 is 0 Å². The van der Waals surface area contributed by atoms with Crippen LogP contribution in [-0.4, -0.2) is 0 Å². The summed E-state index contributed by atoms with van der Waals surface area (Å²) < 4.78 is 0. The molecule has 0 nitrogen and oxygen atoms in total. The molecule has 0 heterocycles. The quantitative estimate of drug-likeness (QED) is 0.0773. The van der Waals surface area contributed by atoms with Gasteiger partial charge in [0.15, 0.2) is 0 Å². The summed E-state index contributed by atoms with van der Waals surface area (Å²) >= 11 is 0. The third-order valence-electron chi connectivity index (χ3n) is 9.41. The first-order valence-electron chi connectivity index (χ1n) is 18.0. The van der Waals surface area contributed by atoms with Gasteiger partial charge in [-0.2, -0.15) is 0 Å². The lowest BCUT2D eigenvalue weighted by atomic mass is 9.65. The van der Waals surface area contributed by atoms with Crippen LogP contribution in [0, 0.1) is 29.6 Å². The number of unbranched alkanes of at least 4 members (excludes halogenated alkanes) is 15. The average molecular weight is 529 g/mol. The Morgan fingerprint density at radius 1 is 0.500 bits per heavy atom. The van der Waals surface area contributed by atoms with Crippen molar-refractivity contribution in [3.05, 3.63) is 24.3 Å². The topological polar surface area (TPSA) is 0 Å². The molecule has 4 atom stereocenters. The predicted octanol–water partition coefficient (Wildman–Crippen LogP) is 13.7. The second kappa shape index (κ2) is 25.4. The fourth-order valence-corrected chi connectivity index (χ4v) is 6.92. The highest BCUT2D eigenvalue weighted by atomic mass is 14.4. The predicted molar refractivity (Wildman–Crippen MR) is 175 cm³/mol. The Kier molecular flexibility index (Phi) is 23.8. The molecule has 0 amide bonds. The van der Waals surface area contributed by atoms with Crippen molar-refractivity contribution in [3.8, 4) is 0 Å². The van der Waals surface area contributed by atoms with Gasteiger partial charge >= 0.3 is 0 Å². The molecule has 0 aromatic carbocycles. The molecule has 0 bridgehead atoms. The molecular formula is C38H72. The van der Waals surface area contributed by atoms with E-state index in [1.165, 1.54) is 154 Å². The Bertz CT molecular complexity index is 540. The van der Waals surface area contributed by atoms with Crippen LogP contribution < -0.4 is 0 Å². The van der Waals surface area contributed by atoms with E-state index in [0.29, 0.717) is 0 Å². The van der Waals surface area contributed by atoms with Crippen molar-refractivity contribution in [1.82, 2.24) is 0 Å². The molecular weight excluding hydrogens is 456 g/mol. The number of rotatable bonds is 26. The maximum atomic E-state index is 2.73. The van der Waals surface area contributed by atoms with Crippen molar-refractivity contribution >= 4 is 0 Å². The number of allylic oxidation sites excluding steroid dienone is 4. The summed E-state index contributed by atoms with van der Waals surface area (Å²) in [6.45, 7) is 11.7. The van der Waals surface area contributed by atoms with Crippen molar-refractivity contribution < 1.29 is 0 Å². The Morgan fingerprint density at radius 2 is 0.974 bits per heavy atom. The molecule has 0 N–H and O–H groups in total. The van der Waals surface area contributed by atoms with E-state index in [2.05, 4.69) is 58.9 Å². The molecule has 0 saturated carbocycles. The molecule has 1 aliphatic carbocycles. The zero-order valence-electron chi connectivity index (χ0n) is 27.2. The van der Waals surface area contributed by atoms with Gasteiger partial charge in [0.25, 0.3) is 0 Å². The normalized spacial score (nSPS) is 21.7. The van der Waals surface area contributed by atoms with Crippen molar-refractivity contribution in [2.24, 2.45) is 29.6 Å². The van der Waals surface area contributed by atoms with Gasteiger partial charge in [-0.3, -0.25) is 0 Å². The average Bonchev–Trinajstić information content (AvgIpc) is 2.91. The van der Waals surface area contributed by atoms with Gasteiger partial charge in [0.1, 0.15) is 0 Å². The zero-order chi connectivity index (χ0) is 27.7. The molecule has 4 unspecified atom stereocenters. The molecule has 1 rings (SSSR count). The Hall–Kier alpha value is -0.520. The van der Waals surface area contributed by atoms with Crippen LogP contribution in [0.3, 0.4) is 0 Å². The van der Waals surface area contributed by atoms with Gasteiger partial charge in [-0.15, -0.1) is 0 Å². The van der Waals surface area contributed by atoms with Crippen LogP contribution in [-0.2, 0) is 0 Å². The van der Waals surface area contributed by atoms with Crippen LogP contribution >= 0.6 is 0 Å². The highest BCUT2D eigenvalue weighted by Crippen LogP contribution is 2.44. The SMILES string of the molecule is CCCCC/C=C/CC1C(CCCCCC)C=CC(CCCCCCCC(C)C)C1CCCCCCCC. The number of hydrogen-bond donors (Lipinski definition) is 0. The lowest BCUT2D eigenvalue weighted by molar-refractivity contribution is 0.159. The van der Waals surface area contributed by atoms with Crippen LogP contribution in [0.2, 0.25) is 0 Å². The first-order valence-corrected chi connectivity index (χ1v) is 18.0. The maximum absolute atomic E-state index is 2.73. The smallest absolute Gasteiger partial charge is 0.0199 e. The zero-order valence-corrected chi connectivity index (χ0v) is 27.2. The molecule has 0 aliphatic heterocycles. The van der Waals surface area contributed by atoms with E-state index in [1.54, 1.807) is 0 Å². The molecule has 0 aromatic heterocycles. The summed E-state index contributed by atoms with van der Waals surface area (Å²) in [6.07, 6.45) is 44.6. The largest absolute Gasteiger partial charge is 0.0885 e. The third-order valence-corrected chi connectivity index (χ3v) is 9.41. The molecule has 0 heteroatoms. The highest BCUT2D eigenvalue weighted by Gasteiger charge is 2.34. The van der Waals surface area contributed by atoms with Gasteiger partial charge in [0.05, 0.1) is 0 Å². The van der Waals surface area contributed by atoms with E-state index in [9.17, 15) is 0 Å². The van der Waals surface area contributed by atoms with Crippen LogP contribution in [0.15, 0.2) is 24.3 Å². The summed E-state index contributed by atoms with van der Waals surface area (Å²) in [5, 5.41) is 0. The minimum Gasteiger partial charge on any atom is -0.0885 e. The molecule has 224 valence electrons. The van der Waals surface area contributed by atoms with Gasteiger partial charge in [-0.05, 0) is 68.1 Å². The monoisotopic (exact) mass is 529 g/mol. The minimum atomic E-state index is 0.824. The first-order chi connectivity index (χ1) is 18.6. The summed E-state index contributed by atoms with van der Waals surface area (Å²) in [6, 6.07) is 0. The molecule has 0 aromatic rings. The van der Waals surface area contributed by atoms with Crippen LogP contribution in [0.25, 0.3) is 0 Å². The third kappa shape index (κ3) is 17.9. The summed E-state index contributed by atoms with van der Waals surface area (Å²) in [4.78, 5) is 0. The maximum Gasteiger partial charge on any atom is -0.0199 e. The van der Waals surface area contributed by atoms with Gasteiger partial charge in [-0.1, -0.05) is 174 Å². The summed E-state index contributed by atoms with van der Waals surface area (Å²) in [5.41, 5.74) is 0. The Balaban J connectivity index is 2.77. The van der Waals surface area contributed by atoms with Crippen molar-refractivity contribution in [2.75, 3.05) is 0 Å².